The van der Waals surface area contributed by atoms with Crippen molar-refractivity contribution >= 4 is 37.7 Å². The number of hydrogen-bond donors (Lipinski definition) is 0. The molecular weight excluding hydrogens is 632 g/mol. The first-order valence-electron chi connectivity index (χ1n) is 15.4. The van der Waals surface area contributed by atoms with Gasteiger partial charge in [0, 0.05) is 42.1 Å². The number of nitrogens with zero attached hydrogens (tertiary/aromatic N) is 2. The van der Waals surface area contributed by atoms with Crippen LogP contribution in [0.1, 0.15) is 27.8 Å². The van der Waals surface area contributed by atoms with Crippen LogP contribution in [0, 0.1) is 20.8 Å². The van der Waals surface area contributed by atoms with Crippen LogP contribution in [0.15, 0.2) is 148 Å². The molecule has 5 aromatic carbocycles. The van der Waals surface area contributed by atoms with Crippen LogP contribution < -0.4 is 10.9 Å². The van der Waals surface area contributed by atoms with E-state index in [4.69, 9.17) is 0 Å². The molecule has 0 aliphatic rings. The van der Waals surface area contributed by atoms with Gasteiger partial charge in [-0.05, 0) is 88.3 Å². The molecule has 7 aromatic rings. The summed E-state index contributed by atoms with van der Waals surface area (Å²) in [4.78, 5) is 24.8. The van der Waals surface area contributed by atoms with E-state index in [9.17, 15) is 9.59 Å². The van der Waals surface area contributed by atoms with Gasteiger partial charge in [0.05, 0.1) is 21.8 Å². The van der Waals surface area contributed by atoms with Crippen molar-refractivity contribution in [1.82, 2.24) is 9.13 Å². The summed E-state index contributed by atoms with van der Waals surface area (Å²) < 4.78 is 5.10. The van der Waals surface area contributed by atoms with Gasteiger partial charge in [0.25, 0.3) is 0 Å². The van der Waals surface area contributed by atoms with Crippen molar-refractivity contribution in [3.8, 4) is 11.1 Å². The number of fused-ring (bicyclic) bond motifs is 2. The Labute approximate surface area is 277 Å². The Bertz CT molecular complexity index is 2260. The lowest BCUT2D eigenvalue weighted by molar-refractivity contribution is 0.825. The van der Waals surface area contributed by atoms with Gasteiger partial charge in [-0.15, -0.1) is 0 Å². The average molecular weight is 668 g/mol. The summed E-state index contributed by atoms with van der Waals surface area (Å²) in [6.45, 7) is 7.86. The topological polar surface area (TPSA) is 44.0 Å². The average Bonchev–Trinajstić information content (AvgIpc) is 3.05. The second-order valence-electron chi connectivity index (χ2n) is 11.7. The lowest BCUT2D eigenvalue weighted by Crippen LogP contribution is -2.10. The number of aromatic nitrogens is 2. The summed E-state index contributed by atoms with van der Waals surface area (Å²) >= 11 is 3.45. The van der Waals surface area contributed by atoms with Gasteiger partial charge >= 0.3 is 0 Å². The second-order valence-corrected chi connectivity index (χ2v) is 12.5. The number of halogens is 1. The van der Waals surface area contributed by atoms with Crippen LogP contribution >= 0.6 is 15.9 Å². The van der Waals surface area contributed by atoms with Gasteiger partial charge in [0.2, 0.25) is 0 Å². The van der Waals surface area contributed by atoms with E-state index in [-0.39, 0.29) is 10.9 Å². The van der Waals surface area contributed by atoms with E-state index < -0.39 is 0 Å². The Morgan fingerprint density at radius 1 is 0.543 bits per heavy atom. The third kappa shape index (κ3) is 6.51. The van der Waals surface area contributed by atoms with Crippen LogP contribution in [0.4, 0.5) is 0 Å². The number of benzene rings is 5. The fourth-order valence-electron chi connectivity index (χ4n) is 6.33. The minimum atomic E-state index is 0.0480. The lowest BCUT2D eigenvalue weighted by atomic mass is 9.91. The first-order valence-corrected chi connectivity index (χ1v) is 16.2. The molecule has 0 atom stereocenters. The van der Waals surface area contributed by atoms with E-state index in [1.807, 2.05) is 73.1 Å². The number of aryl methyl sites for hydroxylation is 3. The maximum Gasteiger partial charge on any atom is 0.190 e. The number of pyridine rings is 2. The van der Waals surface area contributed by atoms with Gasteiger partial charge in [-0.2, -0.15) is 0 Å². The highest BCUT2D eigenvalue weighted by atomic mass is 79.9. The summed E-state index contributed by atoms with van der Waals surface area (Å²) in [6.07, 6.45) is 3.75. The molecule has 0 fully saturated rings. The van der Waals surface area contributed by atoms with Crippen molar-refractivity contribution in [3.05, 3.63) is 186 Å². The quantitative estimate of drug-likeness (QED) is 0.184. The Kier molecular flexibility index (Phi) is 9.13. The molecule has 0 amide bonds. The molecule has 46 heavy (non-hydrogen) atoms. The zero-order valence-corrected chi connectivity index (χ0v) is 27.8. The molecule has 7 rings (SSSR count). The van der Waals surface area contributed by atoms with Crippen LogP contribution in [0.2, 0.25) is 0 Å². The third-order valence-corrected chi connectivity index (χ3v) is 8.96. The minimum Gasteiger partial charge on any atom is -0.343 e. The number of rotatable bonds is 5. The van der Waals surface area contributed by atoms with Gasteiger partial charge < -0.3 is 9.13 Å². The molecule has 5 heteroatoms. The van der Waals surface area contributed by atoms with E-state index in [1.54, 1.807) is 12.1 Å². The Balaban J connectivity index is 0.000000172. The van der Waals surface area contributed by atoms with E-state index >= 15 is 0 Å². The summed E-state index contributed by atoms with van der Waals surface area (Å²) in [7, 11) is 0. The molecule has 0 saturated carbocycles. The maximum absolute atomic E-state index is 12.9. The molecule has 0 radical (unpaired) electrons. The van der Waals surface area contributed by atoms with Gasteiger partial charge in [0.1, 0.15) is 0 Å². The minimum absolute atomic E-state index is 0.0480. The van der Waals surface area contributed by atoms with Gasteiger partial charge in [-0.1, -0.05) is 96.6 Å². The van der Waals surface area contributed by atoms with Gasteiger partial charge in [0.15, 0.2) is 10.9 Å². The number of hydrogen-bond acceptors (Lipinski definition) is 2. The van der Waals surface area contributed by atoms with Crippen molar-refractivity contribution in [2.75, 3.05) is 0 Å². The summed E-state index contributed by atoms with van der Waals surface area (Å²) in [5.74, 6) is 0. The maximum atomic E-state index is 12.9. The van der Waals surface area contributed by atoms with Crippen molar-refractivity contribution < 1.29 is 0 Å². The van der Waals surface area contributed by atoms with Crippen molar-refractivity contribution in [1.29, 1.82) is 0 Å². The zero-order chi connectivity index (χ0) is 32.2. The van der Waals surface area contributed by atoms with Crippen LogP contribution in [-0.2, 0) is 13.1 Å². The molecule has 0 saturated heterocycles. The molecular formula is C41H35BrN2O2. The van der Waals surface area contributed by atoms with Gasteiger partial charge in [-0.25, -0.2) is 0 Å². The van der Waals surface area contributed by atoms with E-state index in [2.05, 4.69) is 94.4 Å². The first kappa shape index (κ1) is 31.0. The molecule has 2 heterocycles. The molecule has 0 spiro atoms. The largest absolute Gasteiger partial charge is 0.343 e. The summed E-state index contributed by atoms with van der Waals surface area (Å²) in [5, 5.41) is 1.53. The molecule has 4 nitrogen and oxygen atoms in total. The Morgan fingerprint density at radius 2 is 1.02 bits per heavy atom. The summed E-state index contributed by atoms with van der Waals surface area (Å²) in [6, 6.07) is 40.2. The molecule has 0 aliphatic heterocycles. The fourth-order valence-corrected chi connectivity index (χ4v) is 6.88. The van der Waals surface area contributed by atoms with Crippen LogP contribution in [0.5, 0.6) is 0 Å². The van der Waals surface area contributed by atoms with Crippen molar-refractivity contribution in [2.45, 2.75) is 33.9 Å². The van der Waals surface area contributed by atoms with Crippen molar-refractivity contribution in [3.63, 3.8) is 0 Å². The standard InChI is InChI=1S/C25H23NO.C16H12BrNO/c1-17-14-18(2)24(19(3)15-17)21-10-7-11-22-25(21)23(27)12-13-26(22)16-20-8-5-4-6-9-20;17-13-7-4-8-14-16(13)15(19)9-10-18(14)11-12-5-2-1-3-6-12/h4-15H,16H2,1-3H3;1-10H,11H2. The molecule has 2 aromatic heterocycles. The van der Waals surface area contributed by atoms with Crippen LogP contribution in [-0.4, -0.2) is 9.13 Å². The highest BCUT2D eigenvalue weighted by molar-refractivity contribution is 9.10. The Hall–Kier alpha value is -5.00. The lowest BCUT2D eigenvalue weighted by Gasteiger charge is -2.16. The van der Waals surface area contributed by atoms with E-state index in [0.29, 0.717) is 0 Å². The molecule has 228 valence electrons. The van der Waals surface area contributed by atoms with E-state index in [0.717, 1.165) is 44.9 Å². The Morgan fingerprint density at radius 3 is 1.57 bits per heavy atom. The third-order valence-electron chi connectivity index (χ3n) is 8.30. The predicted octanol–water partition coefficient (Wildman–Crippen LogP) is 9.45. The molecule has 0 unspecified atom stereocenters. The first-order chi connectivity index (χ1) is 22.3. The molecule has 0 aliphatic carbocycles. The van der Waals surface area contributed by atoms with Gasteiger partial charge in [-0.3, -0.25) is 9.59 Å². The van der Waals surface area contributed by atoms with Crippen LogP contribution in [0.3, 0.4) is 0 Å². The summed E-state index contributed by atoms with van der Waals surface area (Å²) in [5.41, 5.74) is 10.3. The second kappa shape index (κ2) is 13.6. The smallest absolute Gasteiger partial charge is 0.190 e. The predicted molar refractivity (Wildman–Crippen MR) is 195 cm³/mol. The molecule has 0 N–H and O–H groups in total. The van der Waals surface area contributed by atoms with Crippen molar-refractivity contribution in [2.24, 2.45) is 0 Å². The normalized spacial score (nSPS) is 11.0. The highest BCUT2D eigenvalue weighted by Gasteiger charge is 2.14. The monoisotopic (exact) mass is 666 g/mol. The SMILES string of the molecule is Cc1cc(C)c(-c2cccc3c2c(=O)ccn3Cc2ccccc2)c(C)c1.O=c1ccn(Cc2ccccc2)c2cccc(Br)c12. The zero-order valence-electron chi connectivity index (χ0n) is 26.2. The highest BCUT2D eigenvalue weighted by Crippen LogP contribution is 2.32. The van der Waals surface area contributed by atoms with Crippen LogP contribution in [0.25, 0.3) is 32.9 Å². The van der Waals surface area contributed by atoms with E-state index in [1.165, 1.54) is 33.4 Å². The fraction of sp³-hybridized carbons (Fsp3) is 0.122. The molecule has 0 bridgehead atoms.